The molecule has 0 aromatic rings. The molecule has 0 aromatic carbocycles. The molecule has 4 aliphatic heterocycles. The van der Waals surface area contributed by atoms with Crippen LogP contribution in [-0.4, -0.2) is 200 Å². The van der Waals surface area contributed by atoms with Crippen LogP contribution in [0.2, 0.25) is 0 Å². The SMILES string of the molecule is CO[C@]1(CC[C@@H](C)CO[C@@H]2O[C@H](CO)[C@@H](O)[C@H](O)[C@H]2O)O[C@H]2C[C@H]3[C@@H]4CC[C@@H]5C[C@@H](O[C@@H]6O[C@H](CO)[C@@H](O[C@@H]7O[C@H](CO)[C@@H](O)[C@H](O)[C@H]7O)[C@H](O)[C@H]6O)CC[C@]5(C)[C@H]4CC[C@]3(C)[C@H]2[C@@H]1C. The first-order valence-electron chi connectivity index (χ1n) is 24.2. The number of hydrogen-bond donors (Lipinski definition) is 11. The van der Waals surface area contributed by atoms with Crippen molar-refractivity contribution < 1.29 is 94.1 Å². The number of fused-ring (bicyclic) bond motifs is 7. The molecular weight excluding hydrogens is 856 g/mol. The molecule has 376 valence electrons. The van der Waals surface area contributed by atoms with Crippen molar-refractivity contribution in [1.29, 1.82) is 0 Å². The average Bonchev–Trinajstić information content (AvgIpc) is 3.76. The van der Waals surface area contributed by atoms with Crippen molar-refractivity contribution in [3.63, 3.8) is 0 Å². The van der Waals surface area contributed by atoms with Crippen molar-refractivity contribution in [1.82, 2.24) is 0 Å². The third-order valence-electron chi connectivity index (χ3n) is 18.3. The normalized spacial score (nSPS) is 54.9. The Morgan fingerprint density at radius 1 is 0.631 bits per heavy atom. The molecule has 4 saturated heterocycles. The molecule has 8 aliphatic rings. The van der Waals surface area contributed by atoms with E-state index in [1.807, 2.05) is 6.92 Å². The summed E-state index contributed by atoms with van der Waals surface area (Å²) in [5, 5.41) is 113. The van der Waals surface area contributed by atoms with E-state index in [2.05, 4.69) is 20.8 Å². The maximum absolute atomic E-state index is 11.2. The van der Waals surface area contributed by atoms with Gasteiger partial charge in [0, 0.05) is 19.4 Å². The van der Waals surface area contributed by atoms with Crippen LogP contribution < -0.4 is 0 Å². The molecule has 4 saturated carbocycles. The summed E-state index contributed by atoms with van der Waals surface area (Å²) in [6, 6.07) is 0. The van der Waals surface area contributed by atoms with E-state index < -0.39 is 118 Å². The van der Waals surface area contributed by atoms with Crippen LogP contribution in [0.3, 0.4) is 0 Å². The number of methoxy groups -OCH3 is 1. The van der Waals surface area contributed by atoms with Crippen LogP contribution in [0.4, 0.5) is 0 Å². The summed E-state index contributed by atoms with van der Waals surface area (Å²) in [7, 11) is 1.74. The van der Waals surface area contributed by atoms with Gasteiger partial charge in [-0.05, 0) is 104 Å². The molecule has 65 heavy (non-hydrogen) atoms. The average molecular weight is 935 g/mol. The second kappa shape index (κ2) is 19.8. The molecule has 0 amide bonds. The third kappa shape index (κ3) is 8.90. The Bertz CT molecular complexity index is 1580. The zero-order valence-corrected chi connectivity index (χ0v) is 38.4. The lowest BCUT2D eigenvalue weighted by Crippen LogP contribution is -2.65. The van der Waals surface area contributed by atoms with Crippen LogP contribution in [-0.2, 0) is 37.9 Å². The molecule has 27 atom stereocenters. The van der Waals surface area contributed by atoms with E-state index in [1.54, 1.807) is 7.11 Å². The lowest BCUT2D eigenvalue weighted by molar-refractivity contribution is -0.364. The van der Waals surface area contributed by atoms with Crippen LogP contribution in [0.15, 0.2) is 0 Å². The Balaban J connectivity index is 0.847. The fourth-order valence-electron chi connectivity index (χ4n) is 14.5. The van der Waals surface area contributed by atoms with Gasteiger partial charge in [0.15, 0.2) is 24.7 Å². The zero-order valence-electron chi connectivity index (χ0n) is 38.4. The van der Waals surface area contributed by atoms with Crippen LogP contribution in [0.25, 0.3) is 0 Å². The smallest absolute Gasteiger partial charge is 0.187 e. The Labute approximate surface area is 381 Å². The van der Waals surface area contributed by atoms with Crippen LogP contribution in [0.5, 0.6) is 0 Å². The lowest BCUT2D eigenvalue weighted by atomic mass is 9.44. The highest BCUT2D eigenvalue weighted by atomic mass is 16.7. The molecule has 19 heteroatoms. The quantitative estimate of drug-likeness (QED) is 0.0920. The molecule has 8 fully saturated rings. The summed E-state index contributed by atoms with van der Waals surface area (Å²) in [5.74, 6) is 1.79. The summed E-state index contributed by atoms with van der Waals surface area (Å²) in [6.07, 6.45) is -12.5. The standard InChI is InChI=1S/C46H78O19/c1-20(19-59-41-37(55)34(52)32(50)28(16-47)61-41)8-13-46(58-5)21(2)31-27(65-46)15-26-24-7-6-22-14-23(9-11-44(22,3)25(24)10-12-45(26,31)4)60-42-39(57)36(54)40(30(18-49)63-42)64-43-38(56)35(53)33(51)29(17-48)62-43/h20-43,47-57H,6-19H2,1-5H3/t20-,21+,22-,23+,24-,25+,26+,27+,28-,29-,30-,31+,32-,33-,34+,35+,36-,37-,38-,39-,40-,41-,42-,43+,44+,45+,46-/m1/s1. The lowest BCUT2D eigenvalue weighted by Gasteiger charge is -2.61. The first-order valence-corrected chi connectivity index (χ1v) is 24.2. The number of hydrogen-bond acceptors (Lipinski definition) is 19. The predicted molar refractivity (Wildman–Crippen MR) is 224 cm³/mol. The van der Waals surface area contributed by atoms with Crippen molar-refractivity contribution in [3.8, 4) is 0 Å². The van der Waals surface area contributed by atoms with Gasteiger partial charge in [0.1, 0.15) is 73.2 Å². The molecule has 8 rings (SSSR count). The molecule has 0 bridgehead atoms. The first kappa shape index (κ1) is 50.6. The summed E-state index contributed by atoms with van der Waals surface area (Å²) in [6.45, 7) is 7.69. The Hall–Kier alpha value is -0.760. The van der Waals surface area contributed by atoms with Crippen LogP contribution >= 0.6 is 0 Å². The molecular formula is C46H78O19. The van der Waals surface area contributed by atoms with Crippen molar-refractivity contribution in [2.24, 2.45) is 52.3 Å². The second-order valence-corrected chi connectivity index (χ2v) is 21.6. The monoisotopic (exact) mass is 935 g/mol. The Kier molecular flexibility index (Phi) is 15.4. The van der Waals surface area contributed by atoms with Gasteiger partial charge in [-0.25, -0.2) is 0 Å². The zero-order chi connectivity index (χ0) is 46.9. The fraction of sp³-hybridized carbons (Fsp3) is 1.00. The predicted octanol–water partition coefficient (Wildman–Crippen LogP) is -1.13. The van der Waals surface area contributed by atoms with Crippen molar-refractivity contribution in [2.45, 2.75) is 202 Å². The van der Waals surface area contributed by atoms with Gasteiger partial charge in [0.05, 0.1) is 38.6 Å². The van der Waals surface area contributed by atoms with Gasteiger partial charge in [0.2, 0.25) is 0 Å². The van der Waals surface area contributed by atoms with Crippen LogP contribution in [0.1, 0.15) is 91.9 Å². The minimum absolute atomic E-state index is 0.0326. The molecule has 11 N–H and O–H groups in total. The first-order chi connectivity index (χ1) is 30.9. The van der Waals surface area contributed by atoms with Gasteiger partial charge < -0.3 is 94.1 Å². The summed E-state index contributed by atoms with van der Waals surface area (Å²) < 4.78 is 48.3. The summed E-state index contributed by atoms with van der Waals surface area (Å²) >= 11 is 0. The fourth-order valence-corrected chi connectivity index (χ4v) is 14.5. The van der Waals surface area contributed by atoms with Gasteiger partial charge >= 0.3 is 0 Å². The molecule has 0 aromatic heterocycles. The van der Waals surface area contributed by atoms with Gasteiger partial charge in [-0.15, -0.1) is 0 Å². The Morgan fingerprint density at radius 3 is 1.86 bits per heavy atom. The van der Waals surface area contributed by atoms with Gasteiger partial charge in [-0.1, -0.05) is 27.7 Å². The van der Waals surface area contributed by atoms with E-state index in [9.17, 15) is 56.2 Å². The topological polar surface area (TPSA) is 296 Å². The van der Waals surface area contributed by atoms with E-state index in [0.717, 1.165) is 57.8 Å². The highest BCUT2D eigenvalue weighted by Crippen LogP contribution is 2.71. The third-order valence-corrected chi connectivity index (χ3v) is 18.3. The van der Waals surface area contributed by atoms with E-state index >= 15 is 0 Å². The minimum Gasteiger partial charge on any atom is -0.394 e. The van der Waals surface area contributed by atoms with Crippen molar-refractivity contribution in [2.75, 3.05) is 33.5 Å². The Morgan fingerprint density at radius 2 is 1.22 bits per heavy atom. The highest BCUT2D eigenvalue weighted by Gasteiger charge is 2.69. The van der Waals surface area contributed by atoms with Gasteiger partial charge in [-0.2, -0.15) is 0 Å². The maximum atomic E-state index is 11.2. The van der Waals surface area contributed by atoms with Gasteiger partial charge in [0.25, 0.3) is 0 Å². The van der Waals surface area contributed by atoms with E-state index in [0.29, 0.717) is 36.0 Å². The summed E-state index contributed by atoms with van der Waals surface area (Å²) in [4.78, 5) is 0. The maximum Gasteiger partial charge on any atom is 0.187 e. The van der Waals surface area contributed by atoms with Crippen LogP contribution in [0, 0.1) is 52.3 Å². The molecule has 0 unspecified atom stereocenters. The molecule has 4 heterocycles. The number of ether oxygens (including phenoxy) is 8. The molecule has 0 spiro atoms. The summed E-state index contributed by atoms with van der Waals surface area (Å²) in [5.41, 5.74) is 0.192. The number of aliphatic hydroxyl groups is 11. The molecule has 0 radical (unpaired) electrons. The number of rotatable bonds is 14. The van der Waals surface area contributed by atoms with Crippen molar-refractivity contribution >= 4 is 0 Å². The largest absolute Gasteiger partial charge is 0.394 e. The molecule has 19 nitrogen and oxygen atoms in total. The molecule has 4 aliphatic carbocycles. The van der Waals surface area contributed by atoms with E-state index in [1.165, 1.54) is 0 Å². The van der Waals surface area contributed by atoms with E-state index in [-0.39, 0.29) is 41.5 Å². The highest BCUT2D eigenvalue weighted by molar-refractivity contribution is 5.15. The van der Waals surface area contributed by atoms with E-state index in [4.69, 9.17) is 37.9 Å². The van der Waals surface area contributed by atoms with Gasteiger partial charge in [-0.3, -0.25) is 0 Å². The van der Waals surface area contributed by atoms with Crippen molar-refractivity contribution in [3.05, 3.63) is 0 Å². The number of aliphatic hydroxyl groups excluding tert-OH is 11. The second-order valence-electron chi connectivity index (χ2n) is 21.6. The minimum atomic E-state index is -1.74.